The highest BCUT2D eigenvalue weighted by molar-refractivity contribution is 5.94. The summed E-state index contributed by atoms with van der Waals surface area (Å²) < 4.78 is 52.6. The van der Waals surface area contributed by atoms with Crippen LogP contribution in [0, 0.1) is 5.41 Å². The van der Waals surface area contributed by atoms with Gasteiger partial charge in [-0.25, -0.2) is 4.98 Å². The number of hydrogen-bond donors (Lipinski definition) is 1. The fourth-order valence-electron chi connectivity index (χ4n) is 4.97. The summed E-state index contributed by atoms with van der Waals surface area (Å²) in [5.74, 6) is -1.47. The van der Waals surface area contributed by atoms with Crippen LogP contribution in [0.15, 0.2) is 0 Å². The molecule has 2 aliphatic heterocycles. The molecule has 1 amide bonds. The number of carbonyl (C=O) groups excluding carboxylic acids is 1. The van der Waals surface area contributed by atoms with Crippen LogP contribution in [0.3, 0.4) is 0 Å². The number of nitrogens with zero attached hydrogens (tertiary/aromatic N) is 2. The van der Waals surface area contributed by atoms with Crippen LogP contribution < -0.4 is 5.32 Å². The first kappa shape index (κ1) is 19.7. The normalized spacial score (nSPS) is 26.6. The van der Waals surface area contributed by atoms with E-state index >= 15 is 0 Å². The van der Waals surface area contributed by atoms with Gasteiger partial charge < -0.3 is 19.4 Å². The smallest absolute Gasteiger partial charge is 0.381 e. The van der Waals surface area contributed by atoms with Gasteiger partial charge in [-0.2, -0.15) is 13.2 Å². The molecule has 156 valence electrons. The van der Waals surface area contributed by atoms with Crippen molar-refractivity contribution in [1.29, 1.82) is 0 Å². The van der Waals surface area contributed by atoms with Gasteiger partial charge in [-0.15, -0.1) is 0 Å². The quantitative estimate of drug-likeness (QED) is 0.843. The maximum Gasteiger partial charge on any atom is 0.449 e. The SMILES string of the molecule is CCOC1CC(NC(=O)c2nc(C(F)(F)F)n3c2CCCC3)C12CCOCC2. The van der Waals surface area contributed by atoms with Crippen LogP contribution in [0.2, 0.25) is 0 Å². The average Bonchev–Trinajstić information content (AvgIpc) is 3.08. The molecule has 1 saturated carbocycles. The van der Waals surface area contributed by atoms with Gasteiger partial charge in [0.2, 0.25) is 5.82 Å². The van der Waals surface area contributed by atoms with Crippen LogP contribution >= 0.6 is 0 Å². The Morgan fingerprint density at radius 2 is 2.11 bits per heavy atom. The average molecular weight is 401 g/mol. The molecular weight excluding hydrogens is 375 g/mol. The number of carbonyl (C=O) groups is 1. The minimum atomic E-state index is -4.57. The van der Waals surface area contributed by atoms with Crippen molar-refractivity contribution in [3.63, 3.8) is 0 Å². The Balaban J connectivity index is 1.56. The van der Waals surface area contributed by atoms with E-state index in [-0.39, 0.29) is 29.8 Å². The molecule has 1 N–H and O–H groups in total. The standard InChI is InChI=1S/C19H26F3N3O3/c1-2-28-14-11-13(18(14)6-9-27-10-7-18)23-16(26)15-12-5-3-4-8-25(12)17(24-15)19(20,21)22/h13-14H,2-11H2,1H3,(H,23,26). The fraction of sp³-hybridized carbons (Fsp3) is 0.789. The van der Waals surface area contributed by atoms with Gasteiger partial charge in [0.15, 0.2) is 0 Å². The van der Waals surface area contributed by atoms with Crippen molar-refractivity contribution in [2.75, 3.05) is 19.8 Å². The molecule has 2 atom stereocenters. The zero-order valence-corrected chi connectivity index (χ0v) is 16.0. The highest BCUT2D eigenvalue weighted by atomic mass is 19.4. The van der Waals surface area contributed by atoms with E-state index in [1.54, 1.807) is 0 Å². The van der Waals surface area contributed by atoms with E-state index in [1.165, 1.54) is 4.57 Å². The second-order valence-electron chi connectivity index (χ2n) is 7.89. The monoisotopic (exact) mass is 401 g/mol. The first-order valence-electron chi connectivity index (χ1n) is 10.0. The molecule has 6 nitrogen and oxygen atoms in total. The lowest BCUT2D eigenvalue weighted by Crippen LogP contribution is -2.66. The van der Waals surface area contributed by atoms with Crippen LogP contribution in [0.1, 0.15) is 61.0 Å². The number of nitrogens with one attached hydrogen (secondary N) is 1. The van der Waals surface area contributed by atoms with Crippen LogP contribution in [-0.2, 0) is 28.6 Å². The van der Waals surface area contributed by atoms with Gasteiger partial charge in [0.1, 0.15) is 5.69 Å². The van der Waals surface area contributed by atoms with Crippen LogP contribution in [0.5, 0.6) is 0 Å². The molecule has 1 aromatic heterocycles. The first-order chi connectivity index (χ1) is 13.4. The van der Waals surface area contributed by atoms with Gasteiger partial charge in [0.25, 0.3) is 5.91 Å². The predicted molar refractivity (Wildman–Crippen MR) is 93.9 cm³/mol. The van der Waals surface area contributed by atoms with E-state index in [2.05, 4.69) is 10.3 Å². The maximum atomic E-state index is 13.4. The molecule has 0 radical (unpaired) electrons. The van der Waals surface area contributed by atoms with E-state index in [0.717, 1.165) is 19.3 Å². The Hall–Kier alpha value is -1.61. The topological polar surface area (TPSA) is 65.4 Å². The number of rotatable bonds is 4. The molecule has 2 unspecified atom stereocenters. The zero-order chi connectivity index (χ0) is 19.9. The Morgan fingerprint density at radius 3 is 2.79 bits per heavy atom. The van der Waals surface area contributed by atoms with Gasteiger partial charge in [-0.05, 0) is 45.4 Å². The van der Waals surface area contributed by atoms with Crippen molar-refractivity contribution in [2.24, 2.45) is 5.41 Å². The van der Waals surface area contributed by atoms with Gasteiger partial charge in [-0.3, -0.25) is 4.79 Å². The van der Waals surface area contributed by atoms with Crippen molar-refractivity contribution in [2.45, 2.75) is 70.3 Å². The van der Waals surface area contributed by atoms with E-state index in [0.29, 0.717) is 44.8 Å². The molecule has 3 aliphatic rings. The Bertz CT molecular complexity index is 741. The van der Waals surface area contributed by atoms with E-state index in [4.69, 9.17) is 9.47 Å². The third kappa shape index (κ3) is 3.22. The Labute approximate surface area is 161 Å². The van der Waals surface area contributed by atoms with E-state index in [9.17, 15) is 18.0 Å². The van der Waals surface area contributed by atoms with Gasteiger partial charge in [-0.1, -0.05) is 0 Å². The first-order valence-corrected chi connectivity index (χ1v) is 10.0. The minimum Gasteiger partial charge on any atom is -0.381 e. The van der Waals surface area contributed by atoms with Crippen molar-refractivity contribution in [3.8, 4) is 0 Å². The van der Waals surface area contributed by atoms with Crippen molar-refractivity contribution in [3.05, 3.63) is 17.2 Å². The van der Waals surface area contributed by atoms with Gasteiger partial charge >= 0.3 is 6.18 Å². The molecular formula is C19H26F3N3O3. The lowest BCUT2D eigenvalue weighted by Gasteiger charge is -2.57. The second kappa shape index (κ2) is 7.33. The fourth-order valence-corrected chi connectivity index (χ4v) is 4.97. The summed E-state index contributed by atoms with van der Waals surface area (Å²) in [5, 5.41) is 2.98. The number of alkyl halides is 3. The van der Waals surface area contributed by atoms with Crippen LogP contribution in [0.25, 0.3) is 0 Å². The number of fused-ring (bicyclic) bond motifs is 1. The molecule has 2 fully saturated rings. The third-order valence-corrected chi connectivity index (χ3v) is 6.47. The molecule has 0 bridgehead atoms. The number of imidazole rings is 1. The van der Waals surface area contributed by atoms with Crippen molar-refractivity contribution < 1.29 is 27.4 Å². The summed E-state index contributed by atoms with van der Waals surface area (Å²) in [6, 6.07) is -0.129. The van der Waals surface area contributed by atoms with Crippen LogP contribution in [0.4, 0.5) is 13.2 Å². The molecule has 0 aromatic carbocycles. The largest absolute Gasteiger partial charge is 0.449 e. The lowest BCUT2D eigenvalue weighted by atomic mass is 9.57. The number of ether oxygens (including phenoxy) is 2. The van der Waals surface area contributed by atoms with Crippen molar-refractivity contribution >= 4 is 5.91 Å². The number of hydrogen-bond acceptors (Lipinski definition) is 4. The van der Waals surface area contributed by atoms with E-state index < -0.39 is 17.9 Å². The minimum absolute atomic E-state index is 0.0494. The predicted octanol–water partition coefficient (Wildman–Crippen LogP) is 2.94. The molecule has 1 aromatic rings. The Morgan fingerprint density at radius 1 is 1.36 bits per heavy atom. The third-order valence-electron chi connectivity index (χ3n) is 6.47. The van der Waals surface area contributed by atoms with Crippen molar-refractivity contribution in [1.82, 2.24) is 14.9 Å². The summed E-state index contributed by atoms with van der Waals surface area (Å²) in [7, 11) is 0. The second-order valence-corrected chi connectivity index (χ2v) is 7.89. The molecule has 1 spiro atoms. The zero-order valence-electron chi connectivity index (χ0n) is 16.0. The van der Waals surface area contributed by atoms with Gasteiger partial charge in [0, 0.05) is 37.8 Å². The molecule has 4 rings (SSSR count). The summed E-state index contributed by atoms with van der Waals surface area (Å²) in [5.41, 5.74) is 0.128. The van der Waals surface area contributed by atoms with E-state index in [1.807, 2.05) is 6.92 Å². The highest BCUT2D eigenvalue weighted by Crippen LogP contribution is 2.50. The summed E-state index contributed by atoms with van der Waals surface area (Å²) in [6.45, 7) is 4.00. The Kier molecular flexibility index (Phi) is 5.16. The summed E-state index contributed by atoms with van der Waals surface area (Å²) in [6.07, 6.45) is -0.430. The molecule has 1 saturated heterocycles. The molecule has 9 heteroatoms. The highest BCUT2D eigenvalue weighted by Gasteiger charge is 2.56. The summed E-state index contributed by atoms with van der Waals surface area (Å²) >= 11 is 0. The van der Waals surface area contributed by atoms with Gasteiger partial charge in [0.05, 0.1) is 11.8 Å². The molecule has 3 heterocycles. The number of amides is 1. The molecule has 1 aliphatic carbocycles. The maximum absolute atomic E-state index is 13.4. The summed E-state index contributed by atoms with van der Waals surface area (Å²) in [4.78, 5) is 16.7. The molecule has 28 heavy (non-hydrogen) atoms. The lowest BCUT2D eigenvalue weighted by molar-refractivity contribution is -0.170. The van der Waals surface area contributed by atoms with Crippen LogP contribution in [-0.4, -0.2) is 47.4 Å². The number of halogens is 3. The number of aromatic nitrogens is 2.